The molecule has 0 aromatic heterocycles. The Morgan fingerprint density at radius 2 is 1.93 bits per heavy atom. The minimum Gasteiger partial charge on any atom is -0.426 e. The lowest BCUT2D eigenvalue weighted by molar-refractivity contribution is -0.148. The Labute approximate surface area is 111 Å². The van der Waals surface area contributed by atoms with Crippen molar-refractivity contribution in [3.05, 3.63) is 0 Å². The highest BCUT2D eigenvalue weighted by molar-refractivity contribution is 6.50. The van der Waals surface area contributed by atoms with Gasteiger partial charge in [-0.1, -0.05) is 37.0 Å². The average Bonchev–Trinajstić information content (AvgIpc) is 2.02. The maximum absolute atomic E-state index is 11.3. The lowest BCUT2D eigenvalue weighted by Crippen LogP contribution is -2.38. The topological polar surface area (TPSA) is 52.3 Å². The minimum atomic E-state index is -1.69. The molecule has 2 N–H and O–H groups in total. The van der Waals surface area contributed by atoms with Crippen molar-refractivity contribution in [1.82, 2.24) is 0 Å². The molecule has 92 valence electrons. The molecular formula is C8H15Cl4NO2. The molecule has 0 heterocycles. The summed E-state index contributed by atoms with van der Waals surface area (Å²) >= 11 is 16.4. The third-order valence-corrected chi connectivity index (χ3v) is 2.51. The van der Waals surface area contributed by atoms with Crippen LogP contribution in [0.25, 0.3) is 0 Å². The number of hydrogen-bond acceptors (Lipinski definition) is 3. The average molecular weight is 299 g/mol. The molecule has 0 saturated carbocycles. The first kappa shape index (κ1) is 18.0. The van der Waals surface area contributed by atoms with Crippen LogP contribution in [0.5, 0.6) is 0 Å². The summed E-state index contributed by atoms with van der Waals surface area (Å²) in [6, 6.07) is -0.713. The summed E-state index contributed by atoms with van der Waals surface area (Å²) in [5, 5.41) is 0. The van der Waals surface area contributed by atoms with Crippen molar-refractivity contribution < 1.29 is 9.53 Å². The van der Waals surface area contributed by atoms with E-state index in [0.717, 1.165) is 0 Å². The van der Waals surface area contributed by atoms with Gasteiger partial charge in [0.15, 0.2) is 0 Å². The van der Waals surface area contributed by atoms with E-state index in [4.69, 9.17) is 40.5 Å². The molecule has 0 saturated heterocycles. The molecule has 15 heavy (non-hydrogen) atoms. The zero-order valence-corrected chi connectivity index (χ0v) is 11.6. The van der Waals surface area contributed by atoms with E-state index in [1.165, 1.54) is 0 Å². The summed E-state index contributed by atoms with van der Waals surface area (Å²) in [5.74, 6) is -0.533. The standard InChI is InChI=1S/C8H14Cl3NO2.ClH/c1-5(2)3-6(12)7(13)14-8(10,11)4-9;/h5-6H,3-4,12H2,1-2H3;1H/t6-;/m0./s1. The third-order valence-electron chi connectivity index (χ3n) is 1.43. The molecule has 7 heteroatoms. The molecule has 3 nitrogen and oxygen atoms in total. The van der Waals surface area contributed by atoms with Gasteiger partial charge in [-0.3, -0.25) is 4.79 Å². The van der Waals surface area contributed by atoms with Crippen molar-refractivity contribution in [2.24, 2.45) is 11.7 Å². The van der Waals surface area contributed by atoms with Crippen LogP contribution < -0.4 is 5.73 Å². The van der Waals surface area contributed by atoms with Gasteiger partial charge in [0.25, 0.3) is 4.52 Å². The highest BCUT2D eigenvalue weighted by Crippen LogP contribution is 2.25. The lowest BCUT2D eigenvalue weighted by Gasteiger charge is -2.20. The van der Waals surface area contributed by atoms with Crippen molar-refractivity contribution in [1.29, 1.82) is 0 Å². The monoisotopic (exact) mass is 297 g/mol. The first-order chi connectivity index (χ1) is 6.28. The van der Waals surface area contributed by atoms with E-state index in [1.54, 1.807) is 0 Å². The van der Waals surface area contributed by atoms with Gasteiger partial charge in [0.2, 0.25) is 0 Å². The van der Waals surface area contributed by atoms with Crippen LogP contribution in [0.3, 0.4) is 0 Å². The Hall–Kier alpha value is 0.590. The van der Waals surface area contributed by atoms with E-state index >= 15 is 0 Å². The number of alkyl halides is 3. The van der Waals surface area contributed by atoms with Gasteiger partial charge in [0, 0.05) is 0 Å². The number of carbonyl (C=O) groups excluding carboxylic acids is 1. The molecule has 0 aromatic carbocycles. The smallest absolute Gasteiger partial charge is 0.325 e. The number of hydrogen-bond donors (Lipinski definition) is 1. The summed E-state index contributed by atoms with van der Waals surface area (Å²) in [6.45, 7) is 3.90. The first-order valence-electron chi connectivity index (χ1n) is 4.20. The van der Waals surface area contributed by atoms with E-state index in [2.05, 4.69) is 4.74 Å². The molecule has 0 rings (SSSR count). The predicted octanol–water partition coefficient (Wildman–Crippen LogP) is 2.70. The molecule has 0 aliphatic heterocycles. The minimum absolute atomic E-state index is 0. The van der Waals surface area contributed by atoms with Crippen LogP contribution in [-0.2, 0) is 9.53 Å². The third kappa shape index (κ3) is 8.40. The summed E-state index contributed by atoms with van der Waals surface area (Å²) in [4.78, 5) is 11.3. The second-order valence-corrected chi connectivity index (χ2v) is 5.11. The molecule has 0 spiro atoms. The van der Waals surface area contributed by atoms with Crippen LogP contribution in [-0.4, -0.2) is 22.4 Å². The van der Waals surface area contributed by atoms with Gasteiger partial charge in [-0.15, -0.1) is 24.0 Å². The Kier molecular flexibility index (Phi) is 9.34. The van der Waals surface area contributed by atoms with E-state index < -0.39 is 16.5 Å². The molecule has 0 aromatic rings. The fourth-order valence-electron chi connectivity index (χ4n) is 0.854. The van der Waals surface area contributed by atoms with Crippen molar-refractivity contribution in [2.75, 3.05) is 5.88 Å². The van der Waals surface area contributed by atoms with Crippen molar-refractivity contribution in [3.63, 3.8) is 0 Å². The first-order valence-corrected chi connectivity index (χ1v) is 5.49. The summed E-state index contributed by atoms with van der Waals surface area (Å²) in [6.07, 6.45) is 0.519. The summed E-state index contributed by atoms with van der Waals surface area (Å²) in [5.41, 5.74) is 5.55. The molecule has 0 aliphatic carbocycles. The van der Waals surface area contributed by atoms with Crippen LogP contribution in [0.2, 0.25) is 0 Å². The van der Waals surface area contributed by atoms with Gasteiger partial charge < -0.3 is 10.5 Å². The number of ether oxygens (including phenoxy) is 1. The van der Waals surface area contributed by atoms with Crippen LogP contribution in [0.1, 0.15) is 20.3 Å². The van der Waals surface area contributed by atoms with Crippen molar-refractivity contribution >= 4 is 53.2 Å². The van der Waals surface area contributed by atoms with Crippen molar-refractivity contribution in [2.45, 2.75) is 30.8 Å². The zero-order chi connectivity index (χ0) is 11.4. The maximum Gasteiger partial charge on any atom is 0.325 e. The molecular weight excluding hydrogens is 284 g/mol. The number of nitrogens with two attached hydrogens (primary N) is 1. The Morgan fingerprint density at radius 1 is 1.47 bits per heavy atom. The van der Waals surface area contributed by atoms with E-state index in [0.29, 0.717) is 12.3 Å². The fourth-order valence-corrected chi connectivity index (χ4v) is 1.06. The molecule has 0 unspecified atom stereocenters. The number of esters is 1. The Morgan fingerprint density at radius 3 is 2.27 bits per heavy atom. The molecule has 0 aliphatic rings. The van der Waals surface area contributed by atoms with E-state index in [1.807, 2.05) is 13.8 Å². The second kappa shape index (κ2) is 7.80. The largest absolute Gasteiger partial charge is 0.426 e. The zero-order valence-electron chi connectivity index (χ0n) is 8.50. The molecule has 0 amide bonds. The normalized spacial score (nSPS) is 13.3. The van der Waals surface area contributed by atoms with Crippen molar-refractivity contribution in [3.8, 4) is 0 Å². The van der Waals surface area contributed by atoms with E-state index in [9.17, 15) is 4.79 Å². The van der Waals surface area contributed by atoms with Gasteiger partial charge in [-0.25, -0.2) is 0 Å². The Bertz CT molecular complexity index is 199. The highest BCUT2D eigenvalue weighted by atomic mass is 35.5. The number of rotatable bonds is 5. The van der Waals surface area contributed by atoms with Gasteiger partial charge in [0.05, 0.1) is 5.88 Å². The highest BCUT2D eigenvalue weighted by Gasteiger charge is 2.30. The maximum atomic E-state index is 11.3. The molecule has 0 fully saturated rings. The number of carbonyl (C=O) groups is 1. The van der Waals surface area contributed by atoms with Crippen LogP contribution in [0.15, 0.2) is 0 Å². The SMILES string of the molecule is CC(C)C[C@H](N)C(=O)OC(Cl)(Cl)CCl.Cl. The van der Waals surface area contributed by atoms with E-state index in [-0.39, 0.29) is 18.3 Å². The fraction of sp³-hybridized carbons (Fsp3) is 0.875. The number of halogens is 4. The second-order valence-electron chi connectivity index (χ2n) is 3.43. The molecule has 0 bridgehead atoms. The van der Waals surface area contributed by atoms with Gasteiger partial charge in [-0.05, 0) is 12.3 Å². The van der Waals surface area contributed by atoms with Crippen LogP contribution in [0, 0.1) is 5.92 Å². The van der Waals surface area contributed by atoms with Gasteiger partial charge >= 0.3 is 5.97 Å². The Balaban J connectivity index is 0. The summed E-state index contributed by atoms with van der Waals surface area (Å²) in [7, 11) is 0. The van der Waals surface area contributed by atoms with Crippen LogP contribution in [0.4, 0.5) is 0 Å². The molecule has 1 atom stereocenters. The van der Waals surface area contributed by atoms with Gasteiger partial charge in [-0.2, -0.15) is 0 Å². The van der Waals surface area contributed by atoms with Crippen LogP contribution >= 0.6 is 47.2 Å². The lowest BCUT2D eigenvalue weighted by atomic mass is 10.1. The van der Waals surface area contributed by atoms with Gasteiger partial charge in [0.1, 0.15) is 6.04 Å². The summed E-state index contributed by atoms with van der Waals surface area (Å²) < 4.78 is 3.00. The molecule has 0 radical (unpaired) electrons. The predicted molar refractivity (Wildman–Crippen MR) is 65.9 cm³/mol. The quantitative estimate of drug-likeness (QED) is 0.627.